The number of carboxylic acids is 1. The third-order valence-corrected chi connectivity index (χ3v) is 13.2. The molecular formula is C32H37N3O5PS+. The Morgan fingerprint density at radius 1 is 0.881 bits per heavy atom. The number of amides is 3. The van der Waals surface area contributed by atoms with Gasteiger partial charge in [0.15, 0.2) is 0 Å². The molecule has 1 saturated heterocycles. The molecule has 4 rings (SSSR count). The Hall–Kier alpha value is -3.52. The molecule has 0 saturated carbocycles. The number of rotatable bonds is 15. The molecule has 8 nitrogen and oxygen atoms in total. The van der Waals surface area contributed by atoms with Gasteiger partial charge in [-0.15, -0.1) is 11.8 Å². The molecule has 0 spiro atoms. The predicted molar refractivity (Wildman–Crippen MR) is 170 cm³/mol. The fourth-order valence-corrected chi connectivity index (χ4v) is 10.8. The molecule has 0 radical (unpaired) electrons. The lowest BCUT2D eigenvalue weighted by Gasteiger charge is -2.27. The van der Waals surface area contributed by atoms with Crippen molar-refractivity contribution in [1.29, 1.82) is 0 Å². The van der Waals surface area contributed by atoms with Crippen LogP contribution in [0.3, 0.4) is 0 Å². The minimum atomic E-state index is -1.92. The fraction of sp³-hybridized carbons (Fsp3) is 0.312. The molecule has 0 bridgehead atoms. The van der Waals surface area contributed by atoms with Crippen molar-refractivity contribution in [3.8, 4) is 0 Å². The number of nitrogens with zero attached hydrogens (tertiary/aromatic N) is 1. The fourth-order valence-electron chi connectivity index (χ4n) is 5.28. The first-order valence-corrected chi connectivity index (χ1v) is 17.1. The zero-order valence-electron chi connectivity index (χ0n) is 23.4. The molecule has 2 unspecified atom stereocenters. The van der Waals surface area contributed by atoms with Crippen LogP contribution in [-0.4, -0.2) is 70.0 Å². The lowest BCUT2D eigenvalue weighted by atomic mass is 10.2. The number of thioether (sulfide) groups is 1. The Balaban J connectivity index is 1.36. The molecule has 1 fully saturated rings. The molecule has 1 heterocycles. The second-order valence-corrected chi connectivity index (χ2v) is 15.1. The van der Waals surface area contributed by atoms with Gasteiger partial charge in [-0.1, -0.05) is 54.6 Å². The van der Waals surface area contributed by atoms with E-state index in [-0.39, 0.29) is 24.0 Å². The highest BCUT2D eigenvalue weighted by molar-refractivity contribution is 8.00. The molecule has 42 heavy (non-hydrogen) atoms. The summed E-state index contributed by atoms with van der Waals surface area (Å²) in [6.45, 7) is -0.148. The Kier molecular flexibility index (Phi) is 11.3. The van der Waals surface area contributed by atoms with Crippen molar-refractivity contribution in [3.63, 3.8) is 0 Å². The third kappa shape index (κ3) is 7.65. The maximum atomic E-state index is 13.0. The Bertz CT molecular complexity index is 1260. The number of hydrogen-bond donors (Lipinski definition) is 3. The van der Waals surface area contributed by atoms with Crippen LogP contribution in [0.4, 0.5) is 0 Å². The summed E-state index contributed by atoms with van der Waals surface area (Å²) in [5, 5.41) is 14.4. The van der Waals surface area contributed by atoms with Gasteiger partial charge in [0, 0.05) is 18.7 Å². The SMILES string of the molecule is NC(CSC1CC(=O)N(CCCCC[P+](c2ccccc2)(c2ccccc2)c2ccccc2)C1=O)C(=O)NCC(=O)O. The summed E-state index contributed by atoms with van der Waals surface area (Å²) in [5.41, 5.74) is 5.84. The second-order valence-electron chi connectivity index (χ2n) is 10.2. The van der Waals surface area contributed by atoms with Crippen molar-refractivity contribution in [2.45, 2.75) is 37.0 Å². The molecular weight excluding hydrogens is 569 g/mol. The van der Waals surface area contributed by atoms with Gasteiger partial charge in [0.25, 0.3) is 0 Å². The number of hydrogen-bond acceptors (Lipinski definition) is 6. The third-order valence-electron chi connectivity index (χ3n) is 7.40. The van der Waals surface area contributed by atoms with Crippen molar-refractivity contribution in [2.24, 2.45) is 5.73 Å². The summed E-state index contributed by atoms with van der Waals surface area (Å²) in [5.74, 6) is -2.10. The summed E-state index contributed by atoms with van der Waals surface area (Å²) in [6.07, 6.45) is 3.59. The number of carboxylic acid groups (broad SMARTS) is 1. The van der Waals surface area contributed by atoms with Crippen molar-refractivity contribution in [2.75, 3.05) is 25.0 Å². The van der Waals surface area contributed by atoms with Crippen molar-refractivity contribution in [1.82, 2.24) is 10.2 Å². The lowest BCUT2D eigenvalue weighted by Crippen LogP contribution is -2.44. The van der Waals surface area contributed by atoms with Gasteiger partial charge in [-0.25, -0.2) is 0 Å². The Morgan fingerprint density at radius 3 is 1.90 bits per heavy atom. The molecule has 0 aromatic heterocycles. The van der Waals surface area contributed by atoms with E-state index in [9.17, 15) is 19.2 Å². The lowest BCUT2D eigenvalue weighted by molar-refractivity contribution is -0.139. The maximum Gasteiger partial charge on any atom is 0.322 e. The number of carbonyl (C=O) groups excluding carboxylic acids is 3. The average Bonchev–Trinajstić information content (AvgIpc) is 3.29. The molecule has 3 aromatic carbocycles. The maximum absolute atomic E-state index is 13.0. The number of carbonyl (C=O) groups is 4. The van der Waals surface area contributed by atoms with Crippen LogP contribution in [0, 0.1) is 0 Å². The number of aliphatic carboxylic acids is 1. The summed E-state index contributed by atoms with van der Waals surface area (Å²) in [6, 6.07) is 31.2. The van der Waals surface area contributed by atoms with Crippen LogP contribution in [0.2, 0.25) is 0 Å². The van der Waals surface area contributed by atoms with E-state index in [1.54, 1.807) is 0 Å². The summed E-state index contributed by atoms with van der Waals surface area (Å²) >= 11 is 1.17. The number of benzene rings is 3. The van der Waals surface area contributed by atoms with Gasteiger partial charge >= 0.3 is 5.97 Å². The number of unbranched alkanes of at least 4 members (excludes halogenated alkanes) is 2. The number of likely N-dealkylation sites (tertiary alicyclic amines) is 1. The topological polar surface area (TPSA) is 130 Å². The number of imide groups is 1. The van der Waals surface area contributed by atoms with Crippen molar-refractivity contribution in [3.05, 3.63) is 91.0 Å². The largest absolute Gasteiger partial charge is 0.480 e. The van der Waals surface area contributed by atoms with E-state index in [1.807, 2.05) is 18.2 Å². The highest BCUT2D eigenvalue weighted by Gasteiger charge is 2.44. The molecule has 4 N–H and O–H groups in total. The normalized spacial score (nSPS) is 15.9. The van der Waals surface area contributed by atoms with E-state index in [2.05, 4.69) is 78.1 Å². The minimum absolute atomic E-state index is 0.0810. The number of nitrogens with two attached hydrogens (primary N) is 1. The van der Waals surface area contributed by atoms with Crippen LogP contribution in [0.5, 0.6) is 0 Å². The minimum Gasteiger partial charge on any atom is -0.480 e. The summed E-state index contributed by atoms with van der Waals surface area (Å²) < 4.78 is 0. The standard InChI is InChI=1S/C32H36N3O5PS/c33-27(31(39)34-22-30(37)38)23-42-28-21-29(36)35(32(28)40)19-11-4-12-20-41(24-13-5-1-6-14-24,25-15-7-2-8-16-25)26-17-9-3-10-18-26/h1-3,5-10,13-18,27-28H,4,11-12,19-23,33H2,(H-,34,37,38,39)/p+1. The highest BCUT2D eigenvalue weighted by Crippen LogP contribution is 2.56. The zero-order valence-corrected chi connectivity index (χ0v) is 25.1. The van der Waals surface area contributed by atoms with Crippen molar-refractivity contribution >= 4 is 58.6 Å². The van der Waals surface area contributed by atoms with Crippen LogP contribution in [0.15, 0.2) is 91.0 Å². The molecule has 3 aromatic rings. The zero-order chi connectivity index (χ0) is 30.0. The first-order chi connectivity index (χ1) is 20.3. The quantitative estimate of drug-likeness (QED) is 0.138. The molecule has 1 aliphatic heterocycles. The van der Waals surface area contributed by atoms with Gasteiger partial charge in [-0.3, -0.25) is 24.1 Å². The predicted octanol–water partition coefficient (Wildman–Crippen LogP) is 2.54. The smallest absolute Gasteiger partial charge is 0.322 e. The van der Waals surface area contributed by atoms with Gasteiger partial charge in [-0.05, 0) is 55.7 Å². The van der Waals surface area contributed by atoms with Gasteiger partial charge < -0.3 is 16.2 Å². The summed E-state index contributed by atoms with van der Waals surface area (Å²) in [7, 11) is -1.92. The molecule has 3 amide bonds. The van der Waals surface area contributed by atoms with Crippen LogP contribution < -0.4 is 27.0 Å². The highest BCUT2D eigenvalue weighted by atomic mass is 32.2. The van der Waals surface area contributed by atoms with Gasteiger partial charge in [0.2, 0.25) is 17.7 Å². The Morgan fingerprint density at radius 2 is 1.40 bits per heavy atom. The molecule has 0 aliphatic carbocycles. The first kappa shape index (κ1) is 31.4. The monoisotopic (exact) mass is 606 g/mol. The van der Waals surface area contributed by atoms with E-state index in [0.29, 0.717) is 13.0 Å². The van der Waals surface area contributed by atoms with Gasteiger partial charge in [-0.2, -0.15) is 0 Å². The van der Waals surface area contributed by atoms with Crippen LogP contribution >= 0.6 is 19.0 Å². The number of nitrogens with one attached hydrogen (secondary N) is 1. The molecule has 2 atom stereocenters. The van der Waals surface area contributed by atoms with Crippen LogP contribution in [0.1, 0.15) is 25.7 Å². The molecule has 10 heteroatoms. The van der Waals surface area contributed by atoms with Crippen LogP contribution in [0.25, 0.3) is 0 Å². The summed E-state index contributed by atoms with van der Waals surface area (Å²) in [4.78, 5) is 49.5. The molecule has 220 valence electrons. The average molecular weight is 607 g/mol. The van der Waals surface area contributed by atoms with Gasteiger partial charge in [0.05, 0.1) is 17.5 Å². The first-order valence-electron chi connectivity index (χ1n) is 14.1. The van der Waals surface area contributed by atoms with E-state index < -0.39 is 37.0 Å². The molecule has 1 aliphatic rings. The van der Waals surface area contributed by atoms with E-state index in [1.165, 1.54) is 32.6 Å². The Labute approximate surface area is 251 Å². The second kappa shape index (κ2) is 15.1. The van der Waals surface area contributed by atoms with E-state index in [4.69, 9.17) is 10.8 Å². The van der Waals surface area contributed by atoms with Crippen molar-refractivity contribution < 1.29 is 24.3 Å². The van der Waals surface area contributed by atoms with E-state index >= 15 is 0 Å². The van der Waals surface area contributed by atoms with E-state index in [0.717, 1.165) is 19.0 Å². The van der Waals surface area contributed by atoms with Gasteiger partial charge in [0.1, 0.15) is 29.7 Å². The van der Waals surface area contributed by atoms with Crippen LogP contribution in [-0.2, 0) is 19.2 Å².